The van der Waals surface area contributed by atoms with Gasteiger partial charge < -0.3 is 4.90 Å². The SMILES string of the molecule is CCN(CC)c1cccc2cc(S(=O)(=O)c3ccccc3)cnc12. The molecular formula is C19H20N2O2S. The molecule has 1 aromatic heterocycles. The van der Waals surface area contributed by atoms with Gasteiger partial charge in [-0.2, -0.15) is 0 Å². The maximum atomic E-state index is 12.8. The van der Waals surface area contributed by atoms with Crippen LogP contribution < -0.4 is 4.90 Å². The second-order valence-corrected chi connectivity index (χ2v) is 7.46. The zero-order chi connectivity index (χ0) is 17.2. The summed E-state index contributed by atoms with van der Waals surface area (Å²) in [4.78, 5) is 7.18. The van der Waals surface area contributed by atoms with Crippen molar-refractivity contribution in [2.24, 2.45) is 0 Å². The van der Waals surface area contributed by atoms with Crippen molar-refractivity contribution in [1.29, 1.82) is 0 Å². The first-order valence-electron chi connectivity index (χ1n) is 8.01. The first kappa shape index (κ1) is 16.5. The molecule has 4 nitrogen and oxygen atoms in total. The summed E-state index contributed by atoms with van der Waals surface area (Å²) in [5.74, 6) is 0. The third kappa shape index (κ3) is 2.87. The molecule has 0 saturated carbocycles. The van der Waals surface area contributed by atoms with Gasteiger partial charge in [-0.1, -0.05) is 30.3 Å². The van der Waals surface area contributed by atoms with E-state index in [4.69, 9.17) is 0 Å². The lowest BCUT2D eigenvalue weighted by Gasteiger charge is -2.22. The highest BCUT2D eigenvalue weighted by molar-refractivity contribution is 7.91. The van der Waals surface area contributed by atoms with Crippen LogP contribution in [0, 0.1) is 0 Å². The summed E-state index contributed by atoms with van der Waals surface area (Å²) in [5.41, 5.74) is 1.86. The molecule has 0 bridgehead atoms. The molecule has 0 fully saturated rings. The molecule has 0 aliphatic heterocycles. The number of anilines is 1. The van der Waals surface area contributed by atoms with Crippen LogP contribution in [-0.2, 0) is 9.84 Å². The second-order valence-electron chi connectivity index (χ2n) is 5.51. The normalized spacial score (nSPS) is 11.6. The van der Waals surface area contributed by atoms with E-state index in [1.54, 1.807) is 36.4 Å². The van der Waals surface area contributed by atoms with Gasteiger partial charge in [-0.25, -0.2) is 8.42 Å². The molecule has 0 radical (unpaired) electrons. The monoisotopic (exact) mass is 340 g/mol. The quantitative estimate of drug-likeness (QED) is 0.706. The van der Waals surface area contributed by atoms with Gasteiger partial charge in [0.25, 0.3) is 0 Å². The van der Waals surface area contributed by atoms with Crippen molar-refractivity contribution in [3.05, 3.63) is 60.8 Å². The van der Waals surface area contributed by atoms with Gasteiger partial charge in [0, 0.05) is 24.7 Å². The zero-order valence-corrected chi connectivity index (χ0v) is 14.6. The maximum Gasteiger partial charge on any atom is 0.208 e. The van der Waals surface area contributed by atoms with Gasteiger partial charge in [0.2, 0.25) is 9.84 Å². The van der Waals surface area contributed by atoms with E-state index < -0.39 is 9.84 Å². The van der Waals surface area contributed by atoms with Crippen LogP contribution in [0.3, 0.4) is 0 Å². The van der Waals surface area contributed by atoms with Gasteiger partial charge in [0.15, 0.2) is 0 Å². The Hall–Kier alpha value is -2.40. The van der Waals surface area contributed by atoms with Crippen LogP contribution in [0.25, 0.3) is 10.9 Å². The molecule has 0 aliphatic rings. The van der Waals surface area contributed by atoms with Gasteiger partial charge >= 0.3 is 0 Å². The Morgan fingerprint density at radius 2 is 1.62 bits per heavy atom. The number of hydrogen-bond acceptors (Lipinski definition) is 4. The number of benzene rings is 2. The third-order valence-electron chi connectivity index (χ3n) is 4.13. The summed E-state index contributed by atoms with van der Waals surface area (Å²) in [6.07, 6.45) is 1.46. The molecule has 2 aromatic carbocycles. The molecule has 0 amide bonds. The Labute approximate surface area is 142 Å². The molecule has 0 N–H and O–H groups in total. The van der Waals surface area contributed by atoms with Crippen LogP contribution in [0.2, 0.25) is 0 Å². The third-order valence-corrected chi connectivity index (χ3v) is 5.87. The smallest absolute Gasteiger partial charge is 0.208 e. The second kappa shape index (κ2) is 6.61. The zero-order valence-electron chi connectivity index (χ0n) is 13.8. The van der Waals surface area contributed by atoms with E-state index in [1.165, 1.54) is 6.20 Å². The predicted octanol–water partition coefficient (Wildman–Crippen LogP) is 3.91. The van der Waals surface area contributed by atoms with Crippen LogP contribution in [0.15, 0.2) is 70.6 Å². The van der Waals surface area contributed by atoms with Gasteiger partial charge in [0.1, 0.15) is 0 Å². The number of pyridine rings is 1. The summed E-state index contributed by atoms with van der Waals surface area (Å²) >= 11 is 0. The van der Waals surface area contributed by atoms with Gasteiger partial charge in [-0.15, -0.1) is 0 Å². The fraction of sp³-hybridized carbons (Fsp3) is 0.211. The first-order chi connectivity index (χ1) is 11.6. The number of para-hydroxylation sites is 1. The highest BCUT2D eigenvalue weighted by Gasteiger charge is 2.19. The number of hydrogen-bond donors (Lipinski definition) is 0. The van der Waals surface area contributed by atoms with E-state index in [9.17, 15) is 8.42 Å². The molecule has 0 unspecified atom stereocenters. The molecule has 0 saturated heterocycles. The Kier molecular flexibility index (Phi) is 4.53. The van der Waals surface area contributed by atoms with Crippen molar-refractivity contribution in [3.8, 4) is 0 Å². The average molecular weight is 340 g/mol. The number of aromatic nitrogens is 1. The summed E-state index contributed by atoms with van der Waals surface area (Å²) < 4.78 is 25.5. The Morgan fingerprint density at radius 1 is 0.917 bits per heavy atom. The minimum absolute atomic E-state index is 0.220. The number of fused-ring (bicyclic) bond motifs is 1. The maximum absolute atomic E-state index is 12.8. The van der Waals surface area contributed by atoms with Gasteiger partial charge in [-0.05, 0) is 38.1 Å². The van der Waals surface area contributed by atoms with Crippen LogP contribution in [0.4, 0.5) is 5.69 Å². The van der Waals surface area contributed by atoms with Gasteiger partial charge in [0.05, 0.1) is 21.0 Å². The molecule has 24 heavy (non-hydrogen) atoms. The number of nitrogens with zero attached hydrogens (tertiary/aromatic N) is 2. The van der Waals surface area contributed by atoms with Crippen molar-refractivity contribution in [2.75, 3.05) is 18.0 Å². The van der Waals surface area contributed by atoms with E-state index in [1.807, 2.05) is 18.2 Å². The topological polar surface area (TPSA) is 50.3 Å². The first-order valence-corrected chi connectivity index (χ1v) is 9.50. The lowest BCUT2D eigenvalue weighted by molar-refractivity contribution is 0.596. The fourth-order valence-electron chi connectivity index (χ4n) is 2.83. The summed E-state index contributed by atoms with van der Waals surface area (Å²) in [6, 6.07) is 16.0. The lowest BCUT2D eigenvalue weighted by Crippen LogP contribution is -2.22. The average Bonchev–Trinajstić information content (AvgIpc) is 2.63. The minimum atomic E-state index is -3.55. The molecule has 0 atom stereocenters. The van der Waals surface area contributed by atoms with E-state index >= 15 is 0 Å². The minimum Gasteiger partial charge on any atom is -0.370 e. The van der Waals surface area contributed by atoms with E-state index in [0.29, 0.717) is 0 Å². The van der Waals surface area contributed by atoms with Crippen molar-refractivity contribution in [3.63, 3.8) is 0 Å². The molecule has 124 valence electrons. The predicted molar refractivity (Wildman–Crippen MR) is 97.2 cm³/mol. The highest BCUT2D eigenvalue weighted by Crippen LogP contribution is 2.28. The largest absolute Gasteiger partial charge is 0.370 e. The fourth-order valence-corrected chi connectivity index (χ4v) is 4.09. The Morgan fingerprint density at radius 3 is 2.29 bits per heavy atom. The van der Waals surface area contributed by atoms with Crippen molar-refractivity contribution < 1.29 is 8.42 Å². The Balaban J connectivity index is 2.14. The molecule has 1 heterocycles. The van der Waals surface area contributed by atoms with E-state index in [0.717, 1.165) is 29.7 Å². The van der Waals surface area contributed by atoms with E-state index in [2.05, 4.69) is 23.7 Å². The van der Waals surface area contributed by atoms with Crippen molar-refractivity contribution in [1.82, 2.24) is 4.98 Å². The Bertz CT molecular complexity index is 950. The molecule has 0 spiro atoms. The van der Waals surface area contributed by atoms with Crippen molar-refractivity contribution >= 4 is 26.4 Å². The molecule has 3 rings (SSSR count). The van der Waals surface area contributed by atoms with Crippen LogP contribution in [0.1, 0.15) is 13.8 Å². The van der Waals surface area contributed by atoms with Crippen LogP contribution in [-0.4, -0.2) is 26.5 Å². The number of sulfone groups is 1. The van der Waals surface area contributed by atoms with E-state index in [-0.39, 0.29) is 9.79 Å². The summed E-state index contributed by atoms with van der Waals surface area (Å²) in [7, 11) is -3.55. The van der Waals surface area contributed by atoms with Gasteiger partial charge in [-0.3, -0.25) is 4.98 Å². The lowest BCUT2D eigenvalue weighted by atomic mass is 10.1. The molecule has 0 aliphatic carbocycles. The van der Waals surface area contributed by atoms with Crippen LogP contribution >= 0.6 is 0 Å². The molecular weight excluding hydrogens is 320 g/mol. The highest BCUT2D eigenvalue weighted by atomic mass is 32.2. The molecule has 5 heteroatoms. The summed E-state index contributed by atoms with van der Waals surface area (Å²) in [6.45, 7) is 5.94. The van der Waals surface area contributed by atoms with Crippen LogP contribution in [0.5, 0.6) is 0 Å². The van der Waals surface area contributed by atoms with Crippen molar-refractivity contribution in [2.45, 2.75) is 23.6 Å². The number of rotatable bonds is 5. The molecule has 3 aromatic rings. The summed E-state index contributed by atoms with van der Waals surface area (Å²) in [5, 5.41) is 0.830. The standard InChI is InChI=1S/C19H20N2O2S/c1-3-21(4-2)18-12-8-9-15-13-17(14-20-19(15)18)24(22,23)16-10-6-5-7-11-16/h5-14H,3-4H2,1-2H3.